The Balaban J connectivity index is 1.86. The van der Waals surface area contributed by atoms with Gasteiger partial charge in [-0.15, -0.1) is 0 Å². The highest BCUT2D eigenvalue weighted by molar-refractivity contribution is 9.10. The lowest BCUT2D eigenvalue weighted by molar-refractivity contribution is -0.118. The van der Waals surface area contributed by atoms with Gasteiger partial charge >= 0.3 is 0 Å². The van der Waals surface area contributed by atoms with Crippen molar-refractivity contribution < 1.29 is 14.3 Å². The number of carbonyl (C=O) groups excluding carboxylic acids is 2. The lowest BCUT2D eigenvalue weighted by Gasteiger charge is -2.19. The molecule has 0 atom stereocenters. The fraction of sp³-hybridized carbons (Fsp3) is 0.267. The Morgan fingerprint density at radius 1 is 1.46 bits per heavy atom. The van der Waals surface area contributed by atoms with Gasteiger partial charge in [-0.3, -0.25) is 14.7 Å². The molecule has 24 heavy (non-hydrogen) atoms. The highest BCUT2D eigenvalue weighted by Crippen LogP contribution is 2.36. The zero-order valence-electron chi connectivity index (χ0n) is 12.9. The van der Waals surface area contributed by atoms with Crippen LogP contribution in [0.2, 0.25) is 5.02 Å². The summed E-state index contributed by atoms with van der Waals surface area (Å²) in [5.41, 5.74) is 1.92. The second kappa shape index (κ2) is 6.45. The summed E-state index contributed by atoms with van der Waals surface area (Å²) in [4.78, 5) is 23.8. The van der Waals surface area contributed by atoms with E-state index in [0.29, 0.717) is 21.6 Å². The highest BCUT2D eigenvalue weighted by Gasteiger charge is 2.22. The van der Waals surface area contributed by atoms with Crippen molar-refractivity contribution in [3.05, 3.63) is 33.0 Å². The minimum Gasteiger partial charge on any atom is -0.482 e. The van der Waals surface area contributed by atoms with E-state index in [0.717, 1.165) is 5.69 Å². The highest BCUT2D eigenvalue weighted by atomic mass is 79.9. The molecular formula is C15H14BrClN4O3. The average molecular weight is 414 g/mol. The van der Waals surface area contributed by atoms with Crippen LogP contribution < -0.4 is 15.4 Å². The number of benzene rings is 1. The van der Waals surface area contributed by atoms with Crippen molar-refractivity contribution in [1.82, 2.24) is 10.2 Å². The van der Waals surface area contributed by atoms with Gasteiger partial charge in [0, 0.05) is 6.07 Å². The van der Waals surface area contributed by atoms with Crippen molar-refractivity contribution in [2.75, 3.05) is 17.2 Å². The number of carbonyl (C=O) groups is 2. The van der Waals surface area contributed by atoms with Gasteiger partial charge in [-0.2, -0.15) is 5.10 Å². The maximum Gasteiger partial charge on any atom is 0.277 e. The van der Waals surface area contributed by atoms with E-state index in [1.165, 1.54) is 6.07 Å². The summed E-state index contributed by atoms with van der Waals surface area (Å²) in [5, 5.41) is 12.5. The van der Waals surface area contributed by atoms with E-state index in [9.17, 15) is 9.59 Å². The van der Waals surface area contributed by atoms with Crippen LogP contribution >= 0.6 is 27.5 Å². The van der Waals surface area contributed by atoms with E-state index in [2.05, 4.69) is 36.8 Å². The monoisotopic (exact) mass is 412 g/mol. The van der Waals surface area contributed by atoms with Gasteiger partial charge in [0.2, 0.25) is 0 Å². The van der Waals surface area contributed by atoms with Crippen molar-refractivity contribution in [1.29, 1.82) is 0 Å². The molecule has 0 aliphatic carbocycles. The fourth-order valence-corrected chi connectivity index (χ4v) is 3.28. The lowest BCUT2D eigenvalue weighted by Crippen LogP contribution is -2.25. The normalized spacial score (nSPS) is 13.3. The Hall–Kier alpha value is -2.06. The van der Waals surface area contributed by atoms with Crippen molar-refractivity contribution in [3.63, 3.8) is 0 Å². The van der Waals surface area contributed by atoms with Gasteiger partial charge in [0.05, 0.1) is 26.6 Å². The summed E-state index contributed by atoms with van der Waals surface area (Å²) >= 11 is 9.57. The van der Waals surface area contributed by atoms with Gasteiger partial charge in [-0.05, 0) is 27.9 Å². The molecule has 1 aliphatic heterocycles. The van der Waals surface area contributed by atoms with Crippen LogP contribution in [0.15, 0.2) is 16.6 Å². The molecule has 0 bridgehead atoms. The zero-order valence-corrected chi connectivity index (χ0v) is 15.2. The molecule has 126 valence electrons. The molecule has 1 aromatic carbocycles. The molecule has 0 saturated heterocycles. The molecule has 3 N–H and O–H groups in total. The summed E-state index contributed by atoms with van der Waals surface area (Å²) in [6, 6.07) is 3.10. The molecule has 0 radical (unpaired) electrons. The molecule has 1 aliphatic rings. The molecule has 2 aromatic rings. The topological polar surface area (TPSA) is 96.1 Å². The first-order chi connectivity index (χ1) is 11.4. The maximum atomic E-state index is 12.5. The summed E-state index contributed by atoms with van der Waals surface area (Å²) in [6.07, 6.45) is 0. The third kappa shape index (κ3) is 3.11. The molecule has 0 saturated carbocycles. The van der Waals surface area contributed by atoms with E-state index in [1.54, 1.807) is 6.07 Å². The van der Waals surface area contributed by atoms with E-state index >= 15 is 0 Å². The van der Waals surface area contributed by atoms with Gasteiger partial charge in [0.25, 0.3) is 11.8 Å². The van der Waals surface area contributed by atoms with Crippen LogP contribution in [0.5, 0.6) is 5.75 Å². The van der Waals surface area contributed by atoms with Crippen molar-refractivity contribution in [2.24, 2.45) is 0 Å². The SMILES string of the molecule is CC(C)c1[nH]nc(C(=O)Nc2cc3c(cc2Cl)NC(=O)CO3)c1Br. The van der Waals surface area contributed by atoms with Crippen LogP contribution in [0.1, 0.15) is 35.9 Å². The second-order valence-corrected chi connectivity index (χ2v) is 6.77. The average Bonchev–Trinajstić information content (AvgIpc) is 2.90. The molecule has 0 spiro atoms. The van der Waals surface area contributed by atoms with Gasteiger partial charge in [0.15, 0.2) is 12.3 Å². The van der Waals surface area contributed by atoms with Gasteiger partial charge < -0.3 is 15.4 Å². The first-order valence-corrected chi connectivity index (χ1v) is 8.35. The number of amides is 2. The number of nitrogens with one attached hydrogen (secondary N) is 3. The van der Waals surface area contributed by atoms with E-state index < -0.39 is 5.91 Å². The Morgan fingerprint density at radius 2 is 2.21 bits per heavy atom. The number of halogens is 2. The van der Waals surface area contributed by atoms with Crippen LogP contribution in [0.3, 0.4) is 0 Å². The van der Waals surface area contributed by atoms with Crippen LogP contribution in [-0.2, 0) is 4.79 Å². The number of anilines is 2. The first kappa shape index (κ1) is 16.8. The molecule has 9 heteroatoms. The molecule has 1 aromatic heterocycles. The maximum absolute atomic E-state index is 12.5. The predicted octanol–water partition coefficient (Wildman–Crippen LogP) is 3.53. The number of nitrogens with zero attached hydrogens (tertiary/aromatic N) is 1. The van der Waals surface area contributed by atoms with Crippen LogP contribution in [0, 0.1) is 0 Å². The van der Waals surface area contributed by atoms with Crippen molar-refractivity contribution >= 4 is 50.7 Å². The number of fused-ring (bicyclic) bond motifs is 1. The molecule has 0 unspecified atom stereocenters. The Labute approximate surface area is 151 Å². The third-order valence-corrected chi connectivity index (χ3v) is 4.59. The first-order valence-electron chi connectivity index (χ1n) is 7.18. The quantitative estimate of drug-likeness (QED) is 0.717. The minimum absolute atomic E-state index is 0.0787. The van der Waals surface area contributed by atoms with Gasteiger partial charge in [-0.1, -0.05) is 25.4 Å². The summed E-state index contributed by atoms with van der Waals surface area (Å²) in [7, 11) is 0. The molecule has 3 rings (SSSR count). The molecular weight excluding hydrogens is 400 g/mol. The van der Waals surface area contributed by atoms with Crippen LogP contribution in [0.25, 0.3) is 0 Å². The minimum atomic E-state index is -0.410. The van der Waals surface area contributed by atoms with Crippen molar-refractivity contribution in [3.8, 4) is 5.75 Å². The summed E-state index contributed by atoms with van der Waals surface area (Å²) in [6.45, 7) is 3.91. The lowest BCUT2D eigenvalue weighted by atomic mass is 10.1. The Morgan fingerprint density at radius 3 is 2.88 bits per heavy atom. The largest absolute Gasteiger partial charge is 0.482 e. The van der Waals surface area contributed by atoms with Crippen LogP contribution in [0.4, 0.5) is 11.4 Å². The Bertz CT molecular complexity index is 834. The number of aromatic nitrogens is 2. The van der Waals surface area contributed by atoms with E-state index in [4.69, 9.17) is 16.3 Å². The standard InChI is InChI=1S/C15H14BrClN4O3/c1-6(2)13-12(16)14(21-20-13)15(23)19-8-4-10-9(3-7(8)17)18-11(22)5-24-10/h3-4,6H,5H2,1-2H3,(H,18,22)(H,19,23)(H,20,21). The number of H-pyrrole nitrogens is 1. The smallest absolute Gasteiger partial charge is 0.277 e. The summed E-state index contributed by atoms with van der Waals surface area (Å²) in [5.74, 6) is -0.0280. The van der Waals surface area contributed by atoms with Gasteiger partial charge in [0.1, 0.15) is 5.75 Å². The van der Waals surface area contributed by atoms with E-state index in [-0.39, 0.29) is 29.1 Å². The zero-order chi connectivity index (χ0) is 17.4. The van der Waals surface area contributed by atoms with E-state index in [1.807, 2.05) is 13.8 Å². The summed E-state index contributed by atoms with van der Waals surface area (Å²) < 4.78 is 5.94. The number of aromatic amines is 1. The molecule has 2 amide bonds. The molecule has 2 heterocycles. The number of rotatable bonds is 3. The van der Waals surface area contributed by atoms with Gasteiger partial charge in [-0.25, -0.2) is 0 Å². The Kier molecular flexibility index (Phi) is 4.51. The predicted molar refractivity (Wildman–Crippen MR) is 93.9 cm³/mol. The molecule has 7 nitrogen and oxygen atoms in total. The number of hydrogen-bond donors (Lipinski definition) is 3. The van der Waals surface area contributed by atoms with Crippen LogP contribution in [-0.4, -0.2) is 28.6 Å². The number of hydrogen-bond acceptors (Lipinski definition) is 4. The molecule has 0 fully saturated rings. The second-order valence-electron chi connectivity index (χ2n) is 5.57. The third-order valence-electron chi connectivity index (χ3n) is 3.48. The fourth-order valence-electron chi connectivity index (χ4n) is 2.25. The van der Waals surface area contributed by atoms with Crippen molar-refractivity contribution in [2.45, 2.75) is 19.8 Å². The number of ether oxygens (including phenoxy) is 1.